The fourth-order valence-electron chi connectivity index (χ4n) is 4.29. The highest BCUT2D eigenvalue weighted by Gasteiger charge is 2.31. The molecule has 0 spiro atoms. The first kappa shape index (κ1) is 22.1. The van der Waals surface area contributed by atoms with E-state index in [1.165, 1.54) is 19.3 Å². The van der Waals surface area contributed by atoms with Gasteiger partial charge in [0, 0.05) is 31.6 Å². The van der Waals surface area contributed by atoms with Crippen LogP contribution in [0.2, 0.25) is 0 Å². The van der Waals surface area contributed by atoms with Gasteiger partial charge in [-0.2, -0.15) is 0 Å². The van der Waals surface area contributed by atoms with Gasteiger partial charge in [0.15, 0.2) is 0 Å². The van der Waals surface area contributed by atoms with Crippen LogP contribution in [0.1, 0.15) is 58.8 Å². The molecule has 0 bridgehead atoms. The molecule has 1 atom stereocenters. The summed E-state index contributed by atoms with van der Waals surface area (Å²) >= 11 is 0. The monoisotopic (exact) mass is 401 g/mol. The van der Waals surface area contributed by atoms with E-state index in [2.05, 4.69) is 9.62 Å². The van der Waals surface area contributed by atoms with Crippen molar-refractivity contribution >= 4 is 21.8 Å². The maximum absolute atomic E-state index is 12.4. The van der Waals surface area contributed by atoms with Crippen LogP contribution in [0.5, 0.6) is 0 Å². The van der Waals surface area contributed by atoms with Crippen LogP contribution in [0.15, 0.2) is 0 Å². The average molecular weight is 402 g/mol. The molecule has 1 aliphatic carbocycles. The molecule has 2 aliphatic rings. The Kier molecular flexibility index (Phi) is 8.09. The van der Waals surface area contributed by atoms with E-state index in [4.69, 9.17) is 0 Å². The minimum atomic E-state index is -3.56. The zero-order valence-corrected chi connectivity index (χ0v) is 17.8. The minimum absolute atomic E-state index is 0.0379. The molecule has 1 heterocycles. The van der Waals surface area contributed by atoms with Gasteiger partial charge in [0.2, 0.25) is 21.8 Å². The molecule has 2 rings (SSSR count). The Balaban J connectivity index is 2.07. The predicted molar refractivity (Wildman–Crippen MR) is 106 cm³/mol. The van der Waals surface area contributed by atoms with Crippen LogP contribution < -0.4 is 4.72 Å². The molecule has 0 unspecified atom stereocenters. The van der Waals surface area contributed by atoms with Gasteiger partial charge >= 0.3 is 0 Å². The first-order valence-electron chi connectivity index (χ1n) is 10.2. The fourth-order valence-corrected chi connectivity index (χ4v) is 4.76. The van der Waals surface area contributed by atoms with Crippen molar-refractivity contribution in [3.05, 3.63) is 0 Å². The minimum Gasteiger partial charge on any atom is -0.341 e. The third-order valence-corrected chi connectivity index (χ3v) is 6.18. The van der Waals surface area contributed by atoms with Gasteiger partial charge in [-0.3, -0.25) is 19.2 Å². The van der Waals surface area contributed by atoms with Crippen molar-refractivity contribution in [1.82, 2.24) is 14.5 Å². The number of piperidine rings is 1. The summed E-state index contributed by atoms with van der Waals surface area (Å²) in [5.41, 5.74) is 0. The smallest absolute Gasteiger partial charge is 0.247 e. The van der Waals surface area contributed by atoms with E-state index < -0.39 is 15.9 Å². The van der Waals surface area contributed by atoms with Gasteiger partial charge in [-0.05, 0) is 31.6 Å². The van der Waals surface area contributed by atoms with Gasteiger partial charge in [-0.1, -0.05) is 33.1 Å². The van der Waals surface area contributed by atoms with Crippen LogP contribution in [0.3, 0.4) is 0 Å². The van der Waals surface area contributed by atoms with Gasteiger partial charge in [0.1, 0.15) is 0 Å². The second-order valence-electron chi connectivity index (χ2n) is 8.47. The second-order valence-corrected chi connectivity index (χ2v) is 10.2. The SMILES string of the molecule is CC(C)C(=O)N1CCC[C@@H](N(CC(=O)NS(C)(=O)=O)CC2CCCCC2)C1. The van der Waals surface area contributed by atoms with Crippen molar-refractivity contribution < 1.29 is 18.0 Å². The Morgan fingerprint density at radius 2 is 1.78 bits per heavy atom. The number of carbonyl (C=O) groups excluding carboxylic acids is 2. The fraction of sp³-hybridized carbons (Fsp3) is 0.895. The highest BCUT2D eigenvalue weighted by atomic mass is 32.2. The molecule has 0 aromatic heterocycles. The molecule has 1 N–H and O–H groups in total. The number of nitrogens with one attached hydrogen (secondary N) is 1. The van der Waals surface area contributed by atoms with Crippen LogP contribution in [0.25, 0.3) is 0 Å². The summed E-state index contributed by atoms with van der Waals surface area (Å²) in [5, 5.41) is 0. The number of hydrogen-bond donors (Lipinski definition) is 1. The van der Waals surface area contributed by atoms with Gasteiger partial charge in [0.25, 0.3) is 0 Å². The molecule has 8 heteroatoms. The van der Waals surface area contributed by atoms with Crippen LogP contribution in [0.4, 0.5) is 0 Å². The summed E-state index contributed by atoms with van der Waals surface area (Å²) in [6.45, 7) is 6.07. The van der Waals surface area contributed by atoms with Crippen molar-refractivity contribution in [1.29, 1.82) is 0 Å². The third kappa shape index (κ3) is 7.41. The second kappa shape index (κ2) is 9.87. The summed E-state index contributed by atoms with van der Waals surface area (Å²) in [6, 6.07) is 0.105. The third-order valence-electron chi connectivity index (χ3n) is 5.58. The lowest BCUT2D eigenvalue weighted by molar-refractivity contribution is -0.136. The van der Waals surface area contributed by atoms with Crippen LogP contribution >= 0.6 is 0 Å². The molecule has 0 aromatic carbocycles. The normalized spacial score (nSPS) is 22.3. The summed E-state index contributed by atoms with van der Waals surface area (Å²) in [7, 11) is -3.56. The van der Waals surface area contributed by atoms with Crippen molar-refractivity contribution in [3.63, 3.8) is 0 Å². The van der Waals surface area contributed by atoms with Crippen LogP contribution in [-0.4, -0.2) is 68.5 Å². The zero-order chi connectivity index (χ0) is 20.0. The van der Waals surface area contributed by atoms with Gasteiger partial charge in [0.05, 0.1) is 12.8 Å². The van der Waals surface area contributed by atoms with E-state index in [1.807, 2.05) is 18.7 Å². The Labute approximate surface area is 163 Å². The van der Waals surface area contributed by atoms with Gasteiger partial charge < -0.3 is 4.90 Å². The summed E-state index contributed by atoms with van der Waals surface area (Å²) < 4.78 is 24.9. The standard InChI is InChI=1S/C19H35N3O4S/c1-15(2)19(24)21-11-7-10-17(13-21)22(12-16-8-5-4-6-9-16)14-18(23)20-27(3,25)26/h15-17H,4-14H2,1-3H3,(H,20,23)/t17-/m1/s1. The van der Waals surface area contributed by atoms with Crippen molar-refractivity contribution in [2.24, 2.45) is 11.8 Å². The first-order chi connectivity index (χ1) is 12.7. The van der Waals surface area contributed by atoms with E-state index >= 15 is 0 Å². The lowest BCUT2D eigenvalue weighted by atomic mass is 9.88. The van der Waals surface area contributed by atoms with E-state index in [-0.39, 0.29) is 24.4 Å². The van der Waals surface area contributed by atoms with Crippen LogP contribution in [0, 0.1) is 11.8 Å². The zero-order valence-electron chi connectivity index (χ0n) is 16.9. The molecule has 0 radical (unpaired) electrons. The highest BCUT2D eigenvalue weighted by Crippen LogP contribution is 2.26. The number of rotatable bonds is 7. The molecular formula is C19H35N3O4S. The topological polar surface area (TPSA) is 86.8 Å². The largest absolute Gasteiger partial charge is 0.341 e. The molecule has 7 nitrogen and oxygen atoms in total. The van der Waals surface area contributed by atoms with E-state index in [0.29, 0.717) is 12.5 Å². The van der Waals surface area contributed by atoms with E-state index in [1.54, 1.807) is 0 Å². The molecule has 1 saturated carbocycles. The number of sulfonamides is 1. The number of amides is 2. The molecule has 0 aromatic rings. The van der Waals surface area contributed by atoms with Crippen LogP contribution in [-0.2, 0) is 19.6 Å². The molecular weight excluding hydrogens is 366 g/mol. The Morgan fingerprint density at radius 1 is 1.11 bits per heavy atom. The maximum Gasteiger partial charge on any atom is 0.247 e. The molecule has 1 saturated heterocycles. The Hall–Kier alpha value is -1.15. The number of hydrogen-bond acceptors (Lipinski definition) is 5. The summed E-state index contributed by atoms with van der Waals surface area (Å²) in [4.78, 5) is 28.7. The maximum atomic E-state index is 12.4. The lowest BCUT2D eigenvalue weighted by Crippen LogP contribution is -2.54. The van der Waals surface area contributed by atoms with Crippen molar-refractivity contribution in [2.75, 3.05) is 32.4 Å². The molecule has 2 fully saturated rings. The van der Waals surface area contributed by atoms with Crippen molar-refractivity contribution in [2.45, 2.75) is 64.8 Å². The molecule has 156 valence electrons. The number of carbonyl (C=O) groups is 2. The average Bonchev–Trinajstić information content (AvgIpc) is 2.60. The number of nitrogens with zero attached hydrogens (tertiary/aromatic N) is 2. The summed E-state index contributed by atoms with van der Waals surface area (Å²) in [5.74, 6) is 0.170. The highest BCUT2D eigenvalue weighted by molar-refractivity contribution is 7.89. The van der Waals surface area contributed by atoms with E-state index in [9.17, 15) is 18.0 Å². The Morgan fingerprint density at radius 3 is 2.37 bits per heavy atom. The van der Waals surface area contributed by atoms with Gasteiger partial charge in [-0.15, -0.1) is 0 Å². The first-order valence-corrected chi connectivity index (χ1v) is 12.1. The Bertz CT molecular complexity index is 614. The van der Waals surface area contributed by atoms with Gasteiger partial charge in [-0.25, -0.2) is 8.42 Å². The molecule has 2 amide bonds. The van der Waals surface area contributed by atoms with E-state index in [0.717, 1.165) is 45.0 Å². The van der Waals surface area contributed by atoms with Crippen molar-refractivity contribution in [3.8, 4) is 0 Å². The summed E-state index contributed by atoms with van der Waals surface area (Å²) in [6.07, 6.45) is 8.87. The molecule has 27 heavy (non-hydrogen) atoms. The molecule has 1 aliphatic heterocycles. The predicted octanol–water partition coefficient (Wildman–Crippen LogP) is 1.59. The quantitative estimate of drug-likeness (QED) is 0.700. The number of likely N-dealkylation sites (tertiary alicyclic amines) is 1. The lowest BCUT2D eigenvalue weighted by Gasteiger charge is -2.41.